The number of ether oxygens (including phenoxy) is 2. The SMILES string of the molecule is CCOc1ccc(/C=C(\C#N)C(=O)NC(C)c2ccccc2)c(OCC)c1. The zero-order valence-corrected chi connectivity index (χ0v) is 15.9. The smallest absolute Gasteiger partial charge is 0.262 e. The fraction of sp³-hybridized carbons (Fsp3) is 0.273. The average molecular weight is 364 g/mol. The first-order valence-corrected chi connectivity index (χ1v) is 8.96. The molecule has 140 valence electrons. The van der Waals surface area contributed by atoms with E-state index in [0.717, 1.165) is 5.56 Å². The van der Waals surface area contributed by atoms with E-state index >= 15 is 0 Å². The lowest BCUT2D eigenvalue weighted by atomic mass is 10.1. The van der Waals surface area contributed by atoms with Crippen LogP contribution in [0.25, 0.3) is 6.08 Å². The molecule has 1 amide bonds. The fourth-order valence-corrected chi connectivity index (χ4v) is 2.57. The minimum atomic E-state index is -0.426. The van der Waals surface area contributed by atoms with Gasteiger partial charge in [0.15, 0.2) is 0 Å². The number of hydrogen-bond acceptors (Lipinski definition) is 4. The molecule has 0 aliphatic carbocycles. The van der Waals surface area contributed by atoms with Crippen molar-refractivity contribution < 1.29 is 14.3 Å². The van der Waals surface area contributed by atoms with Crippen molar-refractivity contribution in [3.05, 3.63) is 65.2 Å². The van der Waals surface area contributed by atoms with Gasteiger partial charge < -0.3 is 14.8 Å². The molecule has 5 nitrogen and oxygen atoms in total. The summed E-state index contributed by atoms with van der Waals surface area (Å²) in [5.41, 5.74) is 1.64. The van der Waals surface area contributed by atoms with Crippen LogP contribution in [-0.4, -0.2) is 19.1 Å². The summed E-state index contributed by atoms with van der Waals surface area (Å²) in [4.78, 5) is 12.5. The highest BCUT2D eigenvalue weighted by atomic mass is 16.5. The fourth-order valence-electron chi connectivity index (χ4n) is 2.57. The molecule has 0 aromatic heterocycles. The summed E-state index contributed by atoms with van der Waals surface area (Å²) in [6.07, 6.45) is 1.54. The van der Waals surface area contributed by atoms with Gasteiger partial charge in [0.2, 0.25) is 0 Å². The molecule has 0 radical (unpaired) electrons. The summed E-state index contributed by atoms with van der Waals surface area (Å²) in [5, 5.41) is 12.3. The molecular weight excluding hydrogens is 340 g/mol. The lowest BCUT2D eigenvalue weighted by molar-refractivity contribution is -0.117. The van der Waals surface area contributed by atoms with Crippen LogP contribution in [0.1, 0.15) is 37.9 Å². The topological polar surface area (TPSA) is 71.3 Å². The number of hydrogen-bond donors (Lipinski definition) is 1. The van der Waals surface area contributed by atoms with Crippen LogP contribution < -0.4 is 14.8 Å². The third-order valence-corrected chi connectivity index (χ3v) is 3.91. The number of nitrogens with one attached hydrogen (secondary N) is 1. The van der Waals surface area contributed by atoms with Gasteiger partial charge in [0.1, 0.15) is 23.1 Å². The molecule has 1 atom stereocenters. The van der Waals surface area contributed by atoms with Gasteiger partial charge in [-0.15, -0.1) is 0 Å². The van der Waals surface area contributed by atoms with Gasteiger partial charge in [-0.3, -0.25) is 4.79 Å². The van der Waals surface area contributed by atoms with Gasteiger partial charge in [0, 0.05) is 11.6 Å². The Morgan fingerprint density at radius 2 is 1.85 bits per heavy atom. The molecule has 0 bridgehead atoms. The minimum absolute atomic E-state index is 0.0166. The summed E-state index contributed by atoms with van der Waals surface area (Å²) < 4.78 is 11.1. The molecule has 0 saturated heterocycles. The maximum absolute atomic E-state index is 12.5. The van der Waals surface area contributed by atoms with Gasteiger partial charge in [-0.05, 0) is 44.5 Å². The summed E-state index contributed by atoms with van der Waals surface area (Å²) >= 11 is 0. The molecule has 0 saturated carbocycles. The van der Waals surface area contributed by atoms with Gasteiger partial charge in [-0.1, -0.05) is 30.3 Å². The standard InChI is InChI=1S/C22H24N2O3/c1-4-26-20-12-11-18(21(14-20)27-5-2)13-19(15-23)22(25)24-16(3)17-9-7-6-8-10-17/h6-14,16H,4-5H2,1-3H3,(H,24,25)/b19-13+. The molecule has 1 unspecified atom stereocenters. The molecule has 0 aliphatic rings. The highest BCUT2D eigenvalue weighted by Gasteiger charge is 2.15. The quantitative estimate of drug-likeness (QED) is 0.561. The Hall–Kier alpha value is -3.26. The summed E-state index contributed by atoms with van der Waals surface area (Å²) in [6.45, 7) is 6.67. The van der Waals surface area contributed by atoms with Gasteiger partial charge >= 0.3 is 0 Å². The first kappa shape index (κ1) is 20.1. The maximum atomic E-state index is 12.5. The molecule has 27 heavy (non-hydrogen) atoms. The van der Waals surface area contributed by atoms with E-state index in [2.05, 4.69) is 5.32 Å². The van der Waals surface area contributed by atoms with Gasteiger partial charge in [0.25, 0.3) is 5.91 Å². The van der Waals surface area contributed by atoms with Crippen LogP contribution in [0.4, 0.5) is 0 Å². The predicted molar refractivity (Wildman–Crippen MR) is 105 cm³/mol. The number of rotatable bonds is 8. The maximum Gasteiger partial charge on any atom is 0.262 e. The van der Waals surface area contributed by atoms with Crippen LogP contribution >= 0.6 is 0 Å². The van der Waals surface area contributed by atoms with Crippen molar-refractivity contribution in [2.24, 2.45) is 0 Å². The Balaban J connectivity index is 2.24. The molecule has 0 fully saturated rings. The zero-order valence-electron chi connectivity index (χ0n) is 15.9. The van der Waals surface area contributed by atoms with Crippen LogP contribution in [-0.2, 0) is 4.79 Å². The zero-order chi connectivity index (χ0) is 19.6. The Morgan fingerprint density at radius 3 is 2.48 bits per heavy atom. The average Bonchev–Trinajstić information content (AvgIpc) is 2.68. The molecule has 0 aliphatic heterocycles. The number of benzene rings is 2. The van der Waals surface area contributed by atoms with Crippen LogP contribution in [0, 0.1) is 11.3 Å². The lowest BCUT2D eigenvalue weighted by Gasteiger charge is -2.14. The third kappa shape index (κ3) is 5.61. The van der Waals surface area contributed by atoms with Gasteiger partial charge in [-0.25, -0.2) is 0 Å². The Kier molecular flexibility index (Phi) is 7.45. The Morgan fingerprint density at radius 1 is 1.15 bits per heavy atom. The molecular formula is C22H24N2O3. The van der Waals surface area contributed by atoms with Gasteiger partial charge in [-0.2, -0.15) is 5.26 Å². The largest absolute Gasteiger partial charge is 0.494 e. The number of carbonyl (C=O) groups is 1. The van der Waals surface area contributed by atoms with Crippen molar-refractivity contribution in [3.63, 3.8) is 0 Å². The van der Waals surface area contributed by atoms with E-state index in [-0.39, 0.29) is 11.6 Å². The van der Waals surface area contributed by atoms with E-state index in [1.54, 1.807) is 18.2 Å². The monoisotopic (exact) mass is 364 g/mol. The third-order valence-electron chi connectivity index (χ3n) is 3.91. The van der Waals surface area contributed by atoms with Crippen LogP contribution in [0.15, 0.2) is 54.1 Å². The number of amides is 1. The molecule has 5 heteroatoms. The normalized spacial score (nSPS) is 12.0. The van der Waals surface area contributed by atoms with Crippen molar-refractivity contribution >= 4 is 12.0 Å². The van der Waals surface area contributed by atoms with Gasteiger partial charge in [0.05, 0.1) is 19.3 Å². The molecule has 0 spiro atoms. The van der Waals surface area contributed by atoms with Crippen molar-refractivity contribution in [2.45, 2.75) is 26.8 Å². The molecule has 0 heterocycles. The first-order valence-electron chi connectivity index (χ1n) is 8.96. The summed E-state index contributed by atoms with van der Waals surface area (Å²) in [5.74, 6) is 0.823. The van der Waals surface area contributed by atoms with E-state index in [9.17, 15) is 10.1 Å². The second-order valence-corrected chi connectivity index (χ2v) is 5.84. The Labute approximate surface area is 160 Å². The van der Waals surface area contributed by atoms with E-state index in [0.29, 0.717) is 30.3 Å². The highest BCUT2D eigenvalue weighted by Crippen LogP contribution is 2.27. The van der Waals surface area contributed by atoms with Crippen LogP contribution in [0.3, 0.4) is 0 Å². The second-order valence-electron chi connectivity index (χ2n) is 5.84. The van der Waals surface area contributed by atoms with Crippen molar-refractivity contribution in [1.29, 1.82) is 5.26 Å². The Bertz CT molecular complexity index is 838. The summed E-state index contributed by atoms with van der Waals surface area (Å²) in [6, 6.07) is 16.7. The second kappa shape index (κ2) is 10.0. The molecule has 1 N–H and O–H groups in total. The van der Waals surface area contributed by atoms with Crippen LogP contribution in [0.2, 0.25) is 0 Å². The van der Waals surface area contributed by atoms with Crippen molar-refractivity contribution in [3.8, 4) is 17.6 Å². The first-order chi connectivity index (χ1) is 13.1. The minimum Gasteiger partial charge on any atom is -0.494 e. The van der Waals surface area contributed by atoms with Crippen molar-refractivity contribution in [2.75, 3.05) is 13.2 Å². The predicted octanol–water partition coefficient (Wildman–Crippen LogP) is 4.27. The number of nitriles is 1. The van der Waals surface area contributed by atoms with E-state index in [1.807, 2.05) is 57.2 Å². The lowest BCUT2D eigenvalue weighted by Crippen LogP contribution is -2.27. The van der Waals surface area contributed by atoms with Crippen molar-refractivity contribution in [1.82, 2.24) is 5.32 Å². The van der Waals surface area contributed by atoms with E-state index in [1.165, 1.54) is 6.08 Å². The summed E-state index contributed by atoms with van der Waals surface area (Å²) in [7, 11) is 0. The van der Waals surface area contributed by atoms with E-state index < -0.39 is 5.91 Å². The van der Waals surface area contributed by atoms with E-state index in [4.69, 9.17) is 9.47 Å². The van der Waals surface area contributed by atoms with Crippen LogP contribution in [0.5, 0.6) is 11.5 Å². The molecule has 2 rings (SSSR count). The molecule has 2 aromatic rings. The number of carbonyl (C=O) groups excluding carboxylic acids is 1. The molecule has 2 aromatic carbocycles. The highest BCUT2D eigenvalue weighted by molar-refractivity contribution is 6.02. The number of nitrogens with zero attached hydrogens (tertiary/aromatic N) is 1.